The third-order valence-electron chi connectivity index (χ3n) is 6.31. The number of anilines is 1. The van der Waals surface area contributed by atoms with Crippen molar-refractivity contribution in [1.82, 2.24) is 15.8 Å². The number of carbonyl (C=O) groups is 3. The molecule has 3 N–H and O–H groups in total. The molecule has 0 spiro atoms. The van der Waals surface area contributed by atoms with E-state index < -0.39 is 82.3 Å². The van der Waals surface area contributed by atoms with Gasteiger partial charge in [-0.2, -0.15) is 26.3 Å². The van der Waals surface area contributed by atoms with Crippen molar-refractivity contribution >= 4 is 39.5 Å². The number of pyridine rings is 1. The van der Waals surface area contributed by atoms with Crippen LogP contribution in [0.25, 0.3) is 0 Å². The van der Waals surface area contributed by atoms with Crippen molar-refractivity contribution in [3.63, 3.8) is 0 Å². The average Bonchev–Trinajstić information content (AvgIpc) is 3.48. The number of aromatic nitrogens is 1. The number of halogens is 7. The van der Waals surface area contributed by atoms with E-state index >= 15 is 0 Å². The molecule has 0 radical (unpaired) electrons. The Morgan fingerprint density at radius 2 is 1.60 bits per heavy atom. The fourth-order valence-corrected chi connectivity index (χ4v) is 4.64. The fourth-order valence-electron chi connectivity index (χ4n) is 4.12. The van der Waals surface area contributed by atoms with E-state index in [0.29, 0.717) is 11.6 Å². The minimum absolute atomic E-state index is 0.127. The molecular weight excluding hydrogens is 710 g/mol. The fraction of sp³-hybridized carbons (Fsp3) is 0.448. The number of carbonyl (C=O) groups excluding carboxylic acids is 3. The molecule has 1 aromatic carbocycles. The molecule has 0 saturated carbocycles. The number of nitrogens with zero attached hydrogens (tertiary/aromatic N) is 1. The van der Waals surface area contributed by atoms with Crippen molar-refractivity contribution in [3.8, 4) is 0 Å². The summed E-state index contributed by atoms with van der Waals surface area (Å²) in [5.74, 6) is -3.29. The number of ether oxygens (including phenoxy) is 4. The minimum Gasteiger partial charge on any atom is -0.459 e. The van der Waals surface area contributed by atoms with Gasteiger partial charge in [0.25, 0.3) is 11.8 Å². The van der Waals surface area contributed by atoms with E-state index in [4.69, 9.17) is 18.9 Å². The molecule has 2 aromatic rings. The summed E-state index contributed by atoms with van der Waals surface area (Å²) in [5, 5.41) is 1.98. The third-order valence-corrected chi connectivity index (χ3v) is 6.91. The first-order chi connectivity index (χ1) is 21.8. The van der Waals surface area contributed by atoms with E-state index in [-0.39, 0.29) is 19.3 Å². The van der Waals surface area contributed by atoms with Gasteiger partial charge >= 0.3 is 18.4 Å². The standard InChI is InChI=1S/C29H31BrF6N4O7/c1-26(2,3)47-25(43)37-19-15-18(28(31,32)33)22(30)38-21(19)23(41)39-40-24(42)27(29(34,35)36,46-16-17-9-5-4-6-10-17)12-8-7-11-20-44-13-14-45-20/h4-6,9-10,13-15,20H,7-8,11-12,16H2,1-3H3,(H,37,43)(H,39,41)(H,40,42). The Morgan fingerprint density at radius 3 is 2.17 bits per heavy atom. The van der Waals surface area contributed by atoms with Crippen molar-refractivity contribution < 1.29 is 59.7 Å². The molecule has 1 atom stereocenters. The van der Waals surface area contributed by atoms with Crippen LogP contribution in [0.3, 0.4) is 0 Å². The topological polar surface area (TPSA) is 137 Å². The van der Waals surface area contributed by atoms with Gasteiger partial charge < -0.3 is 18.9 Å². The van der Waals surface area contributed by atoms with Crippen LogP contribution < -0.4 is 16.2 Å². The lowest BCUT2D eigenvalue weighted by Crippen LogP contribution is -2.61. The number of rotatable bonds is 11. The highest BCUT2D eigenvalue weighted by molar-refractivity contribution is 9.10. The minimum atomic E-state index is -5.31. The monoisotopic (exact) mass is 740 g/mol. The van der Waals surface area contributed by atoms with E-state index in [9.17, 15) is 40.7 Å². The molecule has 0 aliphatic carbocycles. The van der Waals surface area contributed by atoms with Crippen LogP contribution in [-0.4, -0.2) is 46.6 Å². The molecule has 0 fully saturated rings. The highest BCUT2D eigenvalue weighted by Gasteiger charge is 2.61. The summed E-state index contributed by atoms with van der Waals surface area (Å²) >= 11 is 2.61. The highest BCUT2D eigenvalue weighted by atomic mass is 79.9. The van der Waals surface area contributed by atoms with E-state index in [2.05, 4.69) is 20.9 Å². The van der Waals surface area contributed by atoms with Crippen molar-refractivity contribution in [2.24, 2.45) is 0 Å². The number of benzene rings is 1. The Balaban J connectivity index is 1.87. The van der Waals surface area contributed by atoms with Crippen LogP contribution in [0.5, 0.6) is 0 Å². The second-order valence-electron chi connectivity index (χ2n) is 11.1. The first kappa shape index (κ1) is 37.4. The first-order valence-electron chi connectivity index (χ1n) is 13.9. The van der Waals surface area contributed by atoms with Gasteiger partial charge in [-0.1, -0.05) is 30.3 Å². The highest BCUT2D eigenvalue weighted by Crippen LogP contribution is 2.40. The largest absolute Gasteiger partial charge is 0.459 e. The van der Waals surface area contributed by atoms with Gasteiger partial charge in [-0.25, -0.2) is 9.78 Å². The zero-order chi connectivity index (χ0) is 35.0. The Labute approximate surface area is 273 Å². The van der Waals surface area contributed by atoms with Crippen LogP contribution in [0.4, 0.5) is 36.8 Å². The normalized spacial score (nSPS) is 14.9. The summed E-state index contributed by atoms with van der Waals surface area (Å²) < 4.78 is 104. The number of nitrogens with one attached hydrogen (secondary N) is 3. The average molecular weight is 741 g/mol. The Bertz CT molecular complexity index is 1440. The summed E-state index contributed by atoms with van der Waals surface area (Å²) in [6.45, 7) is 3.77. The number of hydrogen-bond acceptors (Lipinski definition) is 8. The molecule has 0 saturated heterocycles. The van der Waals surface area contributed by atoms with Gasteiger partial charge in [-0.05, 0) is 67.6 Å². The van der Waals surface area contributed by atoms with Crippen molar-refractivity contribution in [3.05, 3.63) is 70.3 Å². The van der Waals surface area contributed by atoms with Crippen molar-refractivity contribution in [2.45, 2.75) is 82.9 Å². The van der Waals surface area contributed by atoms with E-state index in [1.165, 1.54) is 45.4 Å². The molecule has 0 bridgehead atoms. The van der Waals surface area contributed by atoms with Crippen LogP contribution in [0.2, 0.25) is 0 Å². The van der Waals surface area contributed by atoms with Gasteiger partial charge in [0.05, 0.1) is 17.9 Å². The van der Waals surface area contributed by atoms with Crippen molar-refractivity contribution in [2.75, 3.05) is 5.32 Å². The zero-order valence-electron chi connectivity index (χ0n) is 25.2. The Kier molecular flexibility index (Phi) is 12.1. The van der Waals surface area contributed by atoms with Gasteiger partial charge in [0, 0.05) is 6.42 Å². The van der Waals surface area contributed by atoms with Gasteiger partial charge in [-0.3, -0.25) is 25.8 Å². The lowest BCUT2D eigenvalue weighted by atomic mass is 9.93. The molecule has 1 aromatic heterocycles. The van der Waals surface area contributed by atoms with Gasteiger partial charge in [0.15, 0.2) is 5.69 Å². The van der Waals surface area contributed by atoms with E-state index in [1.807, 2.05) is 5.32 Å². The Hall–Kier alpha value is -4.06. The van der Waals surface area contributed by atoms with Crippen LogP contribution in [0.1, 0.15) is 68.1 Å². The third kappa shape index (κ3) is 10.5. The smallest absolute Gasteiger partial charge is 0.426 e. The molecule has 1 unspecified atom stereocenters. The van der Waals surface area contributed by atoms with Crippen LogP contribution in [0.15, 0.2) is 53.5 Å². The summed E-state index contributed by atoms with van der Waals surface area (Å²) in [6, 6.07) is 8.08. The number of unbranched alkanes of at least 4 members (excludes halogenated alkanes) is 1. The molecular formula is C29H31BrF6N4O7. The lowest BCUT2D eigenvalue weighted by Gasteiger charge is -2.34. The number of hydrazine groups is 1. The van der Waals surface area contributed by atoms with Crippen LogP contribution in [0, 0.1) is 0 Å². The molecule has 1 aliphatic rings. The molecule has 3 amide bonds. The van der Waals surface area contributed by atoms with Crippen molar-refractivity contribution in [1.29, 1.82) is 0 Å². The molecule has 47 heavy (non-hydrogen) atoms. The predicted molar refractivity (Wildman–Crippen MR) is 156 cm³/mol. The summed E-state index contributed by atoms with van der Waals surface area (Å²) in [7, 11) is 0. The van der Waals surface area contributed by atoms with E-state index in [1.54, 1.807) is 29.1 Å². The van der Waals surface area contributed by atoms with Crippen LogP contribution in [-0.2, 0) is 36.5 Å². The molecule has 18 heteroatoms. The SMILES string of the molecule is CC(C)(C)OC(=O)Nc1cc(C(F)(F)F)c(Br)nc1C(=O)NNC(=O)C(CCCCC1OC=CO1)(OCc1ccccc1)C(F)(F)F. The lowest BCUT2D eigenvalue weighted by molar-refractivity contribution is -0.273. The maximum atomic E-state index is 14.7. The number of alkyl halides is 6. The first-order valence-corrected chi connectivity index (χ1v) is 14.7. The molecule has 2 heterocycles. The maximum Gasteiger partial charge on any atom is 0.426 e. The second-order valence-corrected chi connectivity index (χ2v) is 11.8. The predicted octanol–water partition coefficient (Wildman–Crippen LogP) is 6.89. The Morgan fingerprint density at radius 1 is 0.957 bits per heavy atom. The molecule has 11 nitrogen and oxygen atoms in total. The molecule has 1 aliphatic heterocycles. The van der Waals surface area contributed by atoms with Gasteiger partial charge in [0.2, 0.25) is 11.9 Å². The van der Waals surface area contributed by atoms with Gasteiger partial charge in [-0.15, -0.1) is 0 Å². The van der Waals surface area contributed by atoms with Gasteiger partial charge in [0.1, 0.15) is 22.7 Å². The zero-order valence-corrected chi connectivity index (χ0v) is 26.8. The quantitative estimate of drug-likeness (QED) is 0.0981. The second kappa shape index (κ2) is 15.2. The summed E-state index contributed by atoms with van der Waals surface area (Å²) in [6.07, 6.45) is -10.5. The van der Waals surface area contributed by atoms with E-state index in [0.717, 1.165) is 0 Å². The summed E-state index contributed by atoms with van der Waals surface area (Å²) in [5.41, 5.74) is -3.97. The maximum absolute atomic E-state index is 14.7. The number of amides is 3. The molecule has 3 rings (SSSR count). The number of hydrogen-bond donors (Lipinski definition) is 3. The van der Waals surface area contributed by atoms with Crippen LogP contribution >= 0.6 is 15.9 Å². The summed E-state index contributed by atoms with van der Waals surface area (Å²) in [4.78, 5) is 42.2. The molecule has 258 valence electrons.